The van der Waals surface area contributed by atoms with Gasteiger partial charge in [-0.15, -0.1) is 0 Å². The van der Waals surface area contributed by atoms with Crippen LogP contribution in [0.5, 0.6) is 0 Å². The third-order valence-electron chi connectivity index (χ3n) is 5.14. The zero-order valence-corrected chi connectivity index (χ0v) is 16.9. The van der Waals surface area contributed by atoms with Crippen molar-refractivity contribution in [3.05, 3.63) is 80.3 Å². The van der Waals surface area contributed by atoms with Gasteiger partial charge in [-0.1, -0.05) is 53.5 Å². The number of hydrogen-bond donors (Lipinski definition) is 0. The van der Waals surface area contributed by atoms with Crippen LogP contribution in [-0.4, -0.2) is 41.9 Å². The summed E-state index contributed by atoms with van der Waals surface area (Å²) in [6, 6.07) is 15.7. The lowest BCUT2D eigenvalue weighted by molar-refractivity contribution is -0.384. The summed E-state index contributed by atoms with van der Waals surface area (Å²) in [5, 5.41) is 14.0. The lowest BCUT2D eigenvalue weighted by Gasteiger charge is -2.36. The van der Waals surface area contributed by atoms with Crippen LogP contribution in [0, 0.1) is 10.1 Å². The standard InChI is InChI=1S/C21H17Cl2N3O3/c22-17-7-2-4-14-15(17)5-1-6-16(14)21(27)25-12-10-24(11-13-25)20-18(23)8-3-9-19(20)26(28)29/h1-9H,10-13H2. The van der Waals surface area contributed by atoms with Crippen molar-refractivity contribution in [1.82, 2.24) is 4.90 Å². The quantitative estimate of drug-likeness (QED) is 0.433. The number of hydrogen-bond acceptors (Lipinski definition) is 4. The molecule has 8 heteroatoms. The number of anilines is 1. The number of nitro groups is 1. The molecule has 3 aromatic rings. The average molecular weight is 430 g/mol. The van der Waals surface area contributed by atoms with Crippen LogP contribution < -0.4 is 4.90 Å². The summed E-state index contributed by atoms with van der Waals surface area (Å²) in [6.07, 6.45) is 0. The van der Waals surface area contributed by atoms with Crippen LogP contribution in [0.1, 0.15) is 10.4 Å². The van der Waals surface area contributed by atoms with Crippen LogP contribution in [0.2, 0.25) is 10.0 Å². The number of nitrogens with zero attached hydrogens (tertiary/aromatic N) is 3. The second kappa shape index (κ2) is 7.89. The zero-order chi connectivity index (χ0) is 20.5. The molecule has 1 aliphatic heterocycles. The summed E-state index contributed by atoms with van der Waals surface area (Å²) >= 11 is 12.5. The minimum absolute atomic E-state index is 0.0269. The van der Waals surface area contributed by atoms with Gasteiger partial charge < -0.3 is 9.80 Å². The average Bonchev–Trinajstić information content (AvgIpc) is 2.73. The first-order valence-corrected chi connectivity index (χ1v) is 9.87. The van der Waals surface area contributed by atoms with E-state index in [9.17, 15) is 14.9 Å². The molecule has 29 heavy (non-hydrogen) atoms. The van der Waals surface area contributed by atoms with E-state index in [1.807, 2.05) is 29.2 Å². The largest absolute Gasteiger partial charge is 0.361 e. The Morgan fingerprint density at radius 2 is 1.48 bits per heavy atom. The first-order valence-electron chi connectivity index (χ1n) is 9.12. The summed E-state index contributed by atoms with van der Waals surface area (Å²) < 4.78 is 0. The molecule has 4 rings (SSSR count). The molecule has 3 aromatic carbocycles. The molecule has 0 atom stereocenters. The van der Waals surface area contributed by atoms with Gasteiger partial charge in [-0.05, 0) is 23.6 Å². The van der Waals surface area contributed by atoms with Crippen molar-refractivity contribution >= 4 is 51.3 Å². The van der Waals surface area contributed by atoms with Gasteiger partial charge in [-0.2, -0.15) is 0 Å². The molecule has 0 aliphatic carbocycles. The second-order valence-electron chi connectivity index (χ2n) is 6.78. The zero-order valence-electron chi connectivity index (χ0n) is 15.3. The number of carbonyl (C=O) groups is 1. The first-order chi connectivity index (χ1) is 14.0. The molecule has 0 bridgehead atoms. The third kappa shape index (κ3) is 3.61. The van der Waals surface area contributed by atoms with E-state index in [2.05, 4.69) is 0 Å². The molecule has 1 heterocycles. The predicted octanol–water partition coefficient (Wildman–Crippen LogP) is 5.02. The molecule has 1 fully saturated rings. The maximum absolute atomic E-state index is 13.1. The topological polar surface area (TPSA) is 66.7 Å². The monoisotopic (exact) mass is 429 g/mol. The Bertz CT molecular complexity index is 1110. The summed E-state index contributed by atoms with van der Waals surface area (Å²) in [7, 11) is 0. The fourth-order valence-corrected chi connectivity index (χ4v) is 4.25. The van der Waals surface area contributed by atoms with Crippen LogP contribution in [-0.2, 0) is 0 Å². The lowest BCUT2D eigenvalue weighted by Crippen LogP contribution is -2.49. The molecule has 0 radical (unpaired) electrons. The van der Waals surface area contributed by atoms with E-state index in [0.29, 0.717) is 47.5 Å². The highest BCUT2D eigenvalue weighted by Gasteiger charge is 2.28. The molecular weight excluding hydrogens is 413 g/mol. The van der Waals surface area contributed by atoms with Crippen LogP contribution >= 0.6 is 23.2 Å². The van der Waals surface area contributed by atoms with Gasteiger partial charge in [-0.3, -0.25) is 14.9 Å². The predicted molar refractivity (Wildman–Crippen MR) is 115 cm³/mol. The van der Waals surface area contributed by atoms with E-state index in [1.54, 1.807) is 29.2 Å². The van der Waals surface area contributed by atoms with Crippen molar-refractivity contribution in [3.8, 4) is 0 Å². The summed E-state index contributed by atoms with van der Waals surface area (Å²) in [4.78, 5) is 27.7. The van der Waals surface area contributed by atoms with Crippen molar-refractivity contribution in [2.75, 3.05) is 31.1 Å². The van der Waals surface area contributed by atoms with E-state index in [4.69, 9.17) is 23.2 Å². The normalized spacial score (nSPS) is 14.3. The van der Waals surface area contributed by atoms with Crippen molar-refractivity contribution in [1.29, 1.82) is 0 Å². The molecule has 1 amide bonds. The SMILES string of the molecule is O=C(c1cccc2c(Cl)cccc12)N1CCN(c2c(Cl)cccc2[N+](=O)[O-])CC1. The fourth-order valence-electron chi connectivity index (χ4n) is 3.73. The van der Waals surface area contributed by atoms with Crippen LogP contribution in [0.15, 0.2) is 54.6 Å². The van der Waals surface area contributed by atoms with E-state index in [-0.39, 0.29) is 11.6 Å². The summed E-state index contributed by atoms with van der Waals surface area (Å²) in [5.41, 5.74) is 0.978. The number of piperazine rings is 1. The Morgan fingerprint density at radius 1 is 0.862 bits per heavy atom. The molecule has 0 aromatic heterocycles. The number of nitro benzene ring substituents is 1. The molecule has 0 unspecified atom stereocenters. The van der Waals surface area contributed by atoms with Gasteiger partial charge in [0.15, 0.2) is 0 Å². The summed E-state index contributed by atoms with van der Waals surface area (Å²) in [5.74, 6) is -0.0776. The first kappa shape index (κ1) is 19.5. The Balaban J connectivity index is 1.57. The number of benzene rings is 3. The van der Waals surface area contributed by atoms with Crippen molar-refractivity contribution in [2.24, 2.45) is 0 Å². The van der Waals surface area contributed by atoms with Crippen LogP contribution in [0.25, 0.3) is 10.8 Å². The number of carbonyl (C=O) groups excluding carboxylic acids is 1. The van der Waals surface area contributed by atoms with E-state index in [1.165, 1.54) is 6.07 Å². The van der Waals surface area contributed by atoms with Gasteiger partial charge in [0.25, 0.3) is 11.6 Å². The number of rotatable bonds is 3. The van der Waals surface area contributed by atoms with Gasteiger partial charge >= 0.3 is 0 Å². The fraction of sp³-hybridized carbons (Fsp3) is 0.190. The highest BCUT2D eigenvalue weighted by molar-refractivity contribution is 6.36. The number of para-hydroxylation sites is 1. The molecule has 0 saturated carbocycles. The molecule has 148 valence electrons. The second-order valence-corrected chi connectivity index (χ2v) is 7.60. The Hall–Kier alpha value is -2.83. The molecule has 0 N–H and O–H groups in total. The van der Waals surface area contributed by atoms with Gasteiger partial charge in [0.2, 0.25) is 0 Å². The lowest BCUT2D eigenvalue weighted by atomic mass is 10.0. The van der Waals surface area contributed by atoms with Gasteiger partial charge in [0.1, 0.15) is 5.69 Å². The third-order valence-corrected chi connectivity index (χ3v) is 5.78. The highest BCUT2D eigenvalue weighted by Crippen LogP contribution is 2.36. The number of fused-ring (bicyclic) bond motifs is 1. The van der Waals surface area contributed by atoms with Crippen LogP contribution in [0.4, 0.5) is 11.4 Å². The van der Waals surface area contributed by atoms with E-state index >= 15 is 0 Å². The van der Waals surface area contributed by atoms with Gasteiger partial charge in [0.05, 0.1) is 9.95 Å². The Labute approximate surface area is 177 Å². The molecule has 6 nitrogen and oxygen atoms in total. The smallest absolute Gasteiger partial charge is 0.294 e. The maximum Gasteiger partial charge on any atom is 0.294 e. The maximum atomic E-state index is 13.1. The van der Waals surface area contributed by atoms with Gasteiger partial charge in [-0.25, -0.2) is 0 Å². The number of amides is 1. The Morgan fingerprint density at radius 3 is 2.21 bits per heavy atom. The number of halogens is 2. The van der Waals surface area contributed by atoms with Crippen molar-refractivity contribution in [3.63, 3.8) is 0 Å². The minimum atomic E-state index is -0.432. The molecule has 1 saturated heterocycles. The van der Waals surface area contributed by atoms with Crippen LogP contribution in [0.3, 0.4) is 0 Å². The highest BCUT2D eigenvalue weighted by atomic mass is 35.5. The van der Waals surface area contributed by atoms with E-state index in [0.717, 1.165) is 10.8 Å². The van der Waals surface area contributed by atoms with Crippen molar-refractivity contribution < 1.29 is 9.72 Å². The van der Waals surface area contributed by atoms with E-state index < -0.39 is 4.92 Å². The van der Waals surface area contributed by atoms with Gasteiger partial charge in [0, 0.05) is 48.2 Å². The summed E-state index contributed by atoms with van der Waals surface area (Å²) in [6.45, 7) is 1.81. The molecular formula is C21H17Cl2N3O3. The minimum Gasteiger partial charge on any atom is -0.361 e. The molecule has 0 spiro atoms. The molecule has 1 aliphatic rings. The van der Waals surface area contributed by atoms with Crippen molar-refractivity contribution in [2.45, 2.75) is 0 Å². The Kier molecular flexibility index (Phi) is 5.30.